The molecule has 0 bridgehead atoms. The summed E-state index contributed by atoms with van der Waals surface area (Å²) in [6.07, 6.45) is 3.82. The van der Waals surface area contributed by atoms with Crippen molar-refractivity contribution in [2.75, 3.05) is 26.8 Å². The van der Waals surface area contributed by atoms with Crippen molar-refractivity contribution in [2.24, 2.45) is 17.8 Å². The molecule has 1 N–H and O–H groups in total. The molecule has 0 aliphatic rings. The van der Waals surface area contributed by atoms with Crippen LogP contribution in [-0.4, -0.2) is 26.8 Å². The molecule has 2 nitrogen and oxygen atoms in total. The largest absolute Gasteiger partial charge is 0.385 e. The third-order valence-corrected chi connectivity index (χ3v) is 3.25. The second kappa shape index (κ2) is 10.1. The quantitative estimate of drug-likeness (QED) is 0.580. The van der Waals surface area contributed by atoms with Crippen molar-refractivity contribution in [1.82, 2.24) is 5.32 Å². The molecule has 0 radical (unpaired) electrons. The van der Waals surface area contributed by atoms with E-state index in [4.69, 9.17) is 4.74 Å². The zero-order valence-electron chi connectivity index (χ0n) is 11.9. The van der Waals surface area contributed by atoms with Gasteiger partial charge in [0.05, 0.1) is 0 Å². The molecule has 0 rings (SSSR count). The van der Waals surface area contributed by atoms with E-state index in [1.165, 1.54) is 19.3 Å². The maximum Gasteiger partial charge on any atom is 0.0462 e. The fraction of sp³-hybridized carbons (Fsp3) is 1.00. The van der Waals surface area contributed by atoms with Gasteiger partial charge in [0, 0.05) is 13.7 Å². The summed E-state index contributed by atoms with van der Waals surface area (Å²) in [5.41, 5.74) is 0. The number of nitrogens with one attached hydrogen (secondary N) is 1. The first-order valence-electron chi connectivity index (χ1n) is 6.77. The molecule has 0 spiro atoms. The van der Waals surface area contributed by atoms with E-state index in [-0.39, 0.29) is 0 Å². The molecular formula is C14H31NO. The van der Waals surface area contributed by atoms with Crippen LogP contribution in [0.3, 0.4) is 0 Å². The second-order valence-electron chi connectivity index (χ2n) is 5.50. The Morgan fingerprint density at radius 2 is 1.62 bits per heavy atom. The van der Waals surface area contributed by atoms with E-state index in [0.29, 0.717) is 0 Å². The summed E-state index contributed by atoms with van der Waals surface area (Å²) in [4.78, 5) is 0. The normalized spacial score (nSPS) is 15.4. The molecule has 0 saturated heterocycles. The number of ether oxygens (including phenoxy) is 1. The molecule has 98 valence electrons. The van der Waals surface area contributed by atoms with Gasteiger partial charge >= 0.3 is 0 Å². The van der Waals surface area contributed by atoms with Gasteiger partial charge < -0.3 is 10.1 Å². The summed E-state index contributed by atoms with van der Waals surface area (Å²) < 4.78 is 5.06. The van der Waals surface area contributed by atoms with Gasteiger partial charge in [0.1, 0.15) is 0 Å². The highest BCUT2D eigenvalue weighted by Gasteiger charge is 2.11. The predicted molar refractivity (Wildman–Crippen MR) is 71.8 cm³/mol. The molecule has 0 aliphatic carbocycles. The lowest BCUT2D eigenvalue weighted by molar-refractivity contribution is 0.188. The summed E-state index contributed by atoms with van der Waals surface area (Å²) in [6, 6.07) is 0. The Hall–Kier alpha value is -0.0800. The molecule has 0 aromatic carbocycles. The van der Waals surface area contributed by atoms with Crippen molar-refractivity contribution in [3.05, 3.63) is 0 Å². The molecule has 2 atom stereocenters. The number of rotatable bonds is 10. The van der Waals surface area contributed by atoms with Gasteiger partial charge in [-0.05, 0) is 37.3 Å². The molecular weight excluding hydrogens is 198 g/mol. The highest BCUT2D eigenvalue weighted by atomic mass is 16.5. The molecule has 0 aromatic heterocycles. The first kappa shape index (κ1) is 15.9. The molecule has 16 heavy (non-hydrogen) atoms. The Labute approximate surface area is 102 Å². The van der Waals surface area contributed by atoms with Crippen LogP contribution in [0.5, 0.6) is 0 Å². The third-order valence-electron chi connectivity index (χ3n) is 3.25. The van der Waals surface area contributed by atoms with Crippen molar-refractivity contribution >= 4 is 0 Å². The van der Waals surface area contributed by atoms with Gasteiger partial charge in [-0.1, -0.05) is 40.5 Å². The minimum Gasteiger partial charge on any atom is -0.385 e. The van der Waals surface area contributed by atoms with E-state index in [1.54, 1.807) is 7.11 Å². The fourth-order valence-electron chi connectivity index (χ4n) is 1.80. The van der Waals surface area contributed by atoms with Crippen LogP contribution in [-0.2, 0) is 4.74 Å². The van der Waals surface area contributed by atoms with Crippen LogP contribution in [0, 0.1) is 17.8 Å². The van der Waals surface area contributed by atoms with Gasteiger partial charge in [0.2, 0.25) is 0 Å². The van der Waals surface area contributed by atoms with Crippen LogP contribution in [0.4, 0.5) is 0 Å². The maximum absolute atomic E-state index is 5.06. The molecule has 0 amide bonds. The van der Waals surface area contributed by atoms with Crippen LogP contribution < -0.4 is 5.32 Å². The molecule has 2 unspecified atom stereocenters. The van der Waals surface area contributed by atoms with E-state index in [2.05, 4.69) is 33.0 Å². The van der Waals surface area contributed by atoms with Crippen molar-refractivity contribution in [2.45, 2.75) is 47.0 Å². The summed E-state index contributed by atoms with van der Waals surface area (Å²) in [5, 5.41) is 3.54. The summed E-state index contributed by atoms with van der Waals surface area (Å²) in [6.45, 7) is 12.4. The van der Waals surface area contributed by atoms with Gasteiger partial charge in [-0.3, -0.25) is 0 Å². The molecule has 0 fully saturated rings. The Bertz CT molecular complexity index is 148. The molecule has 2 heteroatoms. The van der Waals surface area contributed by atoms with E-state index in [0.717, 1.165) is 37.5 Å². The molecule has 0 heterocycles. The van der Waals surface area contributed by atoms with Gasteiger partial charge in [-0.2, -0.15) is 0 Å². The first-order valence-corrected chi connectivity index (χ1v) is 6.77. The molecule has 0 aromatic rings. The van der Waals surface area contributed by atoms with Crippen molar-refractivity contribution < 1.29 is 4.74 Å². The van der Waals surface area contributed by atoms with Crippen LogP contribution in [0.15, 0.2) is 0 Å². The maximum atomic E-state index is 5.06. The second-order valence-corrected chi connectivity index (χ2v) is 5.50. The van der Waals surface area contributed by atoms with E-state index >= 15 is 0 Å². The molecule has 0 saturated carbocycles. The first-order chi connectivity index (χ1) is 7.57. The van der Waals surface area contributed by atoms with E-state index in [9.17, 15) is 0 Å². The molecule has 0 aliphatic heterocycles. The highest BCUT2D eigenvalue weighted by Crippen LogP contribution is 2.17. The summed E-state index contributed by atoms with van der Waals surface area (Å²) in [7, 11) is 1.78. The lowest BCUT2D eigenvalue weighted by Gasteiger charge is -2.21. The van der Waals surface area contributed by atoms with Crippen LogP contribution >= 0.6 is 0 Å². The number of unbranched alkanes of at least 4 members (excludes halogenated alkanes) is 1. The van der Waals surface area contributed by atoms with E-state index < -0.39 is 0 Å². The van der Waals surface area contributed by atoms with Gasteiger partial charge in [-0.15, -0.1) is 0 Å². The fourth-order valence-corrected chi connectivity index (χ4v) is 1.80. The number of hydrogen-bond donors (Lipinski definition) is 1. The van der Waals surface area contributed by atoms with Crippen molar-refractivity contribution in [3.8, 4) is 0 Å². The Kier molecular flexibility index (Phi) is 10.0. The number of methoxy groups -OCH3 is 1. The standard InChI is InChI=1S/C14H31NO/c1-12(2)10-15-11-14(4)13(3)8-6-7-9-16-5/h12-15H,6-11H2,1-5H3. The monoisotopic (exact) mass is 229 g/mol. The van der Waals surface area contributed by atoms with Crippen molar-refractivity contribution in [3.63, 3.8) is 0 Å². The lowest BCUT2D eigenvalue weighted by atomic mass is 9.91. The average Bonchev–Trinajstić information content (AvgIpc) is 2.23. The minimum absolute atomic E-state index is 0.754. The highest BCUT2D eigenvalue weighted by molar-refractivity contribution is 4.65. The Morgan fingerprint density at radius 3 is 2.19 bits per heavy atom. The Balaban J connectivity index is 3.45. The predicted octanol–water partition coefficient (Wildman–Crippen LogP) is 3.32. The topological polar surface area (TPSA) is 21.3 Å². The third kappa shape index (κ3) is 9.17. The van der Waals surface area contributed by atoms with Crippen LogP contribution in [0.2, 0.25) is 0 Å². The van der Waals surface area contributed by atoms with Crippen LogP contribution in [0.25, 0.3) is 0 Å². The SMILES string of the molecule is COCCCCC(C)C(C)CNCC(C)C. The zero-order valence-corrected chi connectivity index (χ0v) is 11.9. The minimum atomic E-state index is 0.754. The Morgan fingerprint density at radius 1 is 0.938 bits per heavy atom. The zero-order chi connectivity index (χ0) is 12.4. The summed E-state index contributed by atoms with van der Waals surface area (Å²) >= 11 is 0. The number of hydrogen-bond acceptors (Lipinski definition) is 2. The summed E-state index contributed by atoms with van der Waals surface area (Å²) in [5.74, 6) is 2.35. The smallest absolute Gasteiger partial charge is 0.0462 e. The van der Waals surface area contributed by atoms with Crippen LogP contribution in [0.1, 0.15) is 47.0 Å². The van der Waals surface area contributed by atoms with Gasteiger partial charge in [0.25, 0.3) is 0 Å². The van der Waals surface area contributed by atoms with Crippen molar-refractivity contribution in [1.29, 1.82) is 0 Å². The van der Waals surface area contributed by atoms with Gasteiger partial charge in [-0.25, -0.2) is 0 Å². The lowest BCUT2D eigenvalue weighted by Crippen LogP contribution is -2.28. The van der Waals surface area contributed by atoms with Gasteiger partial charge in [0.15, 0.2) is 0 Å². The average molecular weight is 229 g/mol. The van der Waals surface area contributed by atoms with E-state index in [1.807, 2.05) is 0 Å².